The van der Waals surface area contributed by atoms with Crippen LogP contribution in [0.4, 0.5) is 0 Å². The van der Waals surface area contributed by atoms with E-state index in [1.54, 1.807) is 16.7 Å². The third-order valence-electron chi connectivity index (χ3n) is 4.16. The lowest BCUT2D eigenvalue weighted by Crippen LogP contribution is -2.01. The van der Waals surface area contributed by atoms with Gasteiger partial charge in [0, 0.05) is 4.83 Å². The van der Waals surface area contributed by atoms with Crippen molar-refractivity contribution in [1.82, 2.24) is 0 Å². The molecule has 0 heterocycles. The summed E-state index contributed by atoms with van der Waals surface area (Å²) in [6, 6.07) is 7.22. The van der Waals surface area contributed by atoms with Crippen LogP contribution in [-0.2, 0) is 19.3 Å². The second-order valence-electron chi connectivity index (χ2n) is 5.44. The van der Waals surface area contributed by atoms with Crippen LogP contribution >= 0.6 is 15.9 Å². The van der Waals surface area contributed by atoms with E-state index in [1.807, 2.05) is 0 Å². The van der Waals surface area contributed by atoms with Gasteiger partial charge in [-0.1, -0.05) is 34.1 Å². The summed E-state index contributed by atoms with van der Waals surface area (Å²) >= 11 is 3.74. The van der Waals surface area contributed by atoms with Crippen LogP contribution in [0.3, 0.4) is 0 Å². The van der Waals surface area contributed by atoms with Crippen LogP contribution in [0, 0.1) is 5.92 Å². The molecule has 2 aliphatic rings. The maximum absolute atomic E-state index is 3.74. The van der Waals surface area contributed by atoms with Gasteiger partial charge in [0.05, 0.1) is 0 Å². The molecule has 2 atom stereocenters. The monoisotopic (exact) mass is 278 g/mol. The fourth-order valence-corrected chi connectivity index (χ4v) is 4.08. The van der Waals surface area contributed by atoms with Crippen LogP contribution < -0.4 is 0 Å². The highest BCUT2D eigenvalue weighted by Gasteiger charge is 2.23. The summed E-state index contributed by atoms with van der Waals surface area (Å²) in [4.78, 5) is 0.784. The zero-order valence-corrected chi connectivity index (χ0v) is 11.3. The molecule has 0 nitrogen and oxygen atoms in total. The molecule has 0 spiro atoms. The normalized spacial score (nSPS) is 28.3. The van der Waals surface area contributed by atoms with Crippen LogP contribution in [0.2, 0.25) is 0 Å². The van der Waals surface area contributed by atoms with E-state index < -0.39 is 0 Å². The van der Waals surface area contributed by atoms with E-state index in [0.717, 1.165) is 10.7 Å². The van der Waals surface area contributed by atoms with Gasteiger partial charge in [0.2, 0.25) is 0 Å². The van der Waals surface area contributed by atoms with Crippen LogP contribution in [0.1, 0.15) is 42.4 Å². The number of fused-ring (bicyclic) bond motifs is 1. The second kappa shape index (κ2) is 4.52. The standard InChI is InChI=1S/C15H19Br/c16-15-7-5-12(10-15)8-11-4-6-13-2-1-3-14(13)9-11/h4,6,9,12,15H,1-3,5,7-8,10H2. The van der Waals surface area contributed by atoms with Gasteiger partial charge in [-0.2, -0.15) is 0 Å². The maximum Gasteiger partial charge on any atom is 0.0148 e. The van der Waals surface area contributed by atoms with Crippen molar-refractivity contribution in [3.8, 4) is 0 Å². The van der Waals surface area contributed by atoms with Crippen molar-refractivity contribution >= 4 is 15.9 Å². The van der Waals surface area contributed by atoms with E-state index in [4.69, 9.17) is 0 Å². The van der Waals surface area contributed by atoms with E-state index in [-0.39, 0.29) is 0 Å². The molecular weight excluding hydrogens is 260 g/mol. The molecule has 2 aliphatic carbocycles. The van der Waals surface area contributed by atoms with E-state index in [9.17, 15) is 0 Å². The molecule has 0 aliphatic heterocycles. The fourth-order valence-electron chi connectivity index (χ4n) is 3.28. The number of alkyl halides is 1. The van der Waals surface area contributed by atoms with Crippen LogP contribution in [0.15, 0.2) is 18.2 Å². The Hall–Kier alpha value is -0.300. The van der Waals surface area contributed by atoms with Crippen molar-refractivity contribution in [1.29, 1.82) is 0 Å². The Morgan fingerprint density at radius 1 is 1.12 bits per heavy atom. The lowest BCUT2D eigenvalue weighted by atomic mass is 9.96. The summed E-state index contributed by atoms with van der Waals surface area (Å²) < 4.78 is 0. The highest BCUT2D eigenvalue weighted by molar-refractivity contribution is 9.09. The summed E-state index contributed by atoms with van der Waals surface area (Å²) in [7, 11) is 0. The smallest absolute Gasteiger partial charge is 0.0148 e. The molecule has 1 heteroatoms. The number of benzene rings is 1. The minimum Gasteiger partial charge on any atom is -0.0891 e. The van der Waals surface area contributed by atoms with E-state index >= 15 is 0 Å². The Morgan fingerprint density at radius 3 is 2.81 bits per heavy atom. The summed E-state index contributed by atoms with van der Waals surface area (Å²) in [5.74, 6) is 0.920. The molecule has 0 bridgehead atoms. The zero-order valence-electron chi connectivity index (χ0n) is 9.71. The van der Waals surface area contributed by atoms with Gasteiger partial charge in [-0.3, -0.25) is 0 Å². The molecule has 1 aromatic carbocycles. The summed E-state index contributed by atoms with van der Waals surface area (Å²) in [5.41, 5.74) is 4.81. The van der Waals surface area contributed by atoms with Crippen LogP contribution in [0.5, 0.6) is 0 Å². The largest absolute Gasteiger partial charge is 0.0891 e. The van der Waals surface area contributed by atoms with Crippen LogP contribution in [-0.4, -0.2) is 4.83 Å². The lowest BCUT2D eigenvalue weighted by molar-refractivity contribution is 0.548. The minimum absolute atomic E-state index is 0.784. The second-order valence-corrected chi connectivity index (χ2v) is 6.73. The molecule has 0 N–H and O–H groups in total. The topological polar surface area (TPSA) is 0 Å². The Balaban J connectivity index is 1.71. The zero-order chi connectivity index (χ0) is 11.0. The van der Waals surface area contributed by atoms with Crippen molar-refractivity contribution in [2.24, 2.45) is 5.92 Å². The van der Waals surface area contributed by atoms with Gasteiger partial charge >= 0.3 is 0 Å². The van der Waals surface area contributed by atoms with E-state index in [0.29, 0.717) is 0 Å². The molecule has 1 saturated carbocycles. The summed E-state index contributed by atoms with van der Waals surface area (Å²) in [5, 5.41) is 0. The first-order valence-corrected chi connectivity index (χ1v) is 7.47. The van der Waals surface area contributed by atoms with Crippen molar-refractivity contribution in [3.63, 3.8) is 0 Å². The Kier molecular flexibility index (Phi) is 3.06. The molecule has 0 saturated heterocycles. The average Bonchev–Trinajstić information content (AvgIpc) is 2.87. The molecule has 86 valence electrons. The molecule has 16 heavy (non-hydrogen) atoms. The first kappa shape index (κ1) is 10.8. The number of rotatable bonds is 2. The number of hydrogen-bond donors (Lipinski definition) is 0. The molecule has 2 unspecified atom stereocenters. The van der Waals surface area contributed by atoms with Crippen molar-refractivity contribution in [3.05, 3.63) is 34.9 Å². The minimum atomic E-state index is 0.784. The van der Waals surface area contributed by atoms with Crippen molar-refractivity contribution in [2.45, 2.75) is 49.8 Å². The van der Waals surface area contributed by atoms with E-state index in [1.165, 1.54) is 44.9 Å². The van der Waals surface area contributed by atoms with Gasteiger partial charge in [-0.15, -0.1) is 0 Å². The SMILES string of the molecule is BrC1CCC(Cc2ccc3c(c2)CCC3)C1. The fraction of sp³-hybridized carbons (Fsp3) is 0.600. The van der Waals surface area contributed by atoms with E-state index in [2.05, 4.69) is 34.1 Å². The predicted molar refractivity (Wildman–Crippen MR) is 72.2 cm³/mol. The summed E-state index contributed by atoms with van der Waals surface area (Å²) in [6.07, 6.45) is 9.44. The van der Waals surface area contributed by atoms with Crippen molar-refractivity contribution in [2.75, 3.05) is 0 Å². The summed E-state index contributed by atoms with van der Waals surface area (Å²) in [6.45, 7) is 0. The maximum atomic E-state index is 3.74. The van der Waals surface area contributed by atoms with Gasteiger partial charge in [0.15, 0.2) is 0 Å². The van der Waals surface area contributed by atoms with Crippen molar-refractivity contribution < 1.29 is 0 Å². The Bertz CT molecular complexity index is 383. The number of aryl methyl sites for hydroxylation is 2. The Morgan fingerprint density at radius 2 is 2.00 bits per heavy atom. The average molecular weight is 279 g/mol. The molecule has 1 aromatic rings. The molecule has 3 rings (SSSR count). The van der Waals surface area contributed by atoms with Crippen LogP contribution in [0.25, 0.3) is 0 Å². The quantitative estimate of drug-likeness (QED) is 0.709. The molecule has 0 amide bonds. The first-order chi connectivity index (χ1) is 7.81. The first-order valence-electron chi connectivity index (χ1n) is 6.56. The van der Waals surface area contributed by atoms with Gasteiger partial charge in [0.25, 0.3) is 0 Å². The molecule has 0 aromatic heterocycles. The van der Waals surface area contributed by atoms with Gasteiger partial charge in [-0.25, -0.2) is 0 Å². The van der Waals surface area contributed by atoms with Gasteiger partial charge < -0.3 is 0 Å². The third-order valence-corrected chi connectivity index (χ3v) is 5.00. The molecular formula is C15H19Br. The highest BCUT2D eigenvalue weighted by atomic mass is 79.9. The molecule has 0 radical (unpaired) electrons. The predicted octanol–water partition coefficient (Wildman–Crippen LogP) is 4.28. The number of hydrogen-bond acceptors (Lipinski definition) is 0. The molecule has 1 fully saturated rings. The Labute approximate surface area is 107 Å². The third kappa shape index (κ3) is 2.20. The number of halogens is 1. The van der Waals surface area contributed by atoms with Gasteiger partial charge in [0.1, 0.15) is 0 Å². The highest BCUT2D eigenvalue weighted by Crippen LogP contribution is 2.33. The van der Waals surface area contributed by atoms with Gasteiger partial charge in [-0.05, 0) is 67.6 Å². The lowest BCUT2D eigenvalue weighted by Gasteiger charge is -2.10.